The molecule has 1 aliphatic heterocycles. The molecule has 1 heterocycles. The van der Waals surface area contributed by atoms with E-state index in [1.807, 2.05) is 30.3 Å². The average molecular weight is 257 g/mol. The van der Waals surface area contributed by atoms with Gasteiger partial charge < -0.3 is 0 Å². The van der Waals surface area contributed by atoms with Crippen LogP contribution in [0.15, 0.2) is 30.3 Å². The quantitative estimate of drug-likeness (QED) is 0.764. The highest BCUT2D eigenvalue weighted by Crippen LogP contribution is 2.40. The van der Waals surface area contributed by atoms with Crippen LogP contribution in [0.25, 0.3) is 0 Å². The minimum atomic E-state index is -0.0556. The third-order valence-electron chi connectivity index (χ3n) is 4.46. The van der Waals surface area contributed by atoms with Gasteiger partial charge in [-0.05, 0) is 30.7 Å². The van der Waals surface area contributed by atoms with Gasteiger partial charge in [0.1, 0.15) is 0 Å². The van der Waals surface area contributed by atoms with Gasteiger partial charge in [0.15, 0.2) is 0 Å². The minimum absolute atomic E-state index is 0.0467. The van der Waals surface area contributed by atoms with Crippen LogP contribution >= 0.6 is 0 Å². The molecule has 1 aromatic rings. The molecule has 3 heteroatoms. The van der Waals surface area contributed by atoms with Crippen LogP contribution in [0.3, 0.4) is 0 Å². The molecule has 2 amide bonds. The monoisotopic (exact) mass is 257 g/mol. The lowest BCUT2D eigenvalue weighted by molar-refractivity contribution is -0.140. The first-order valence-electron chi connectivity index (χ1n) is 7.06. The van der Waals surface area contributed by atoms with Gasteiger partial charge in [0.05, 0.1) is 18.4 Å². The number of likely N-dealkylation sites (tertiary alicyclic amines) is 1. The number of hydrogen-bond donors (Lipinski definition) is 0. The van der Waals surface area contributed by atoms with Gasteiger partial charge in [-0.3, -0.25) is 14.5 Å². The molecule has 1 saturated heterocycles. The maximum absolute atomic E-state index is 12.4. The molecule has 2 aliphatic rings. The third-order valence-corrected chi connectivity index (χ3v) is 4.46. The van der Waals surface area contributed by atoms with E-state index in [1.165, 1.54) is 4.90 Å². The van der Waals surface area contributed by atoms with Crippen molar-refractivity contribution in [3.63, 3.8) is 0 Å². The van der Waals surface area contributed by atoms with Crippen LogP contribution in [0.2, 0.25) is 0 Å². The number of benzene rings is 1. The zero-order valence-corrected chi connectivity index (χ0v) is 11.2. The van der Waals surface area contributed by atoms with Gasteiger partial charge in [-0.25, -0.2) is 0 Å². The highest BCUT2D eigenvalue weighted by atomic mass is 16.2. The smallest absolute Gasteiger partial charge is 0.233 e. The van der Waals surface area contributed by atoms with Crippen LogP contribution in [-0.4, -0.2) is 16.7 Å². The molecule has 3 rings (SSSR count). The lowest BCUT2D eigenvalue weighted by atomic mass is 9.76. The number of rotatable bonds is 2. The van der Waals surface area contributed by atoms with Crippen LogP contribution in [0, 0.1) is 17.8 Å². The van der Waals surface area contributed by atoms with Crippen molar-refractivity contribution in [2.45, 2.75) is 32.7 Å². The van der Waals surface area contributed by atoms with Crippen molar-refractivity contribution in [1.82, 2.24) is 4.90 Å². The van der Waals surface area contributed by atoms with E-state index in [0.29, 0.717) is 12.5 Å². The van der Waals surface area contributed by atoms with E-state index in [9.17, 15) is 9.59 Å². The van der Waals surface area contributed by atoms with Crippen molar-refractivity contribution in [1.29, 1.82) is 0 Å². The fraction of sp³-hybridized carbons (Fsp3) is 0.500. The Balaban J connectivity index is 1.80. The number of amides is 2. The Bertz CT molecular complexity index is 497. The fourth-order valence-electron chi connectivity index (χ4n) is 3.38. The SMILES string of the molecule is C[C@H]1CC[C@H]2C(=O)N(Cc3ccccc3)C(=O)[C@@H]2C1. The Morgan fingerprint density at radius 3 is 2.47 bits per heavy atom. The van der Waals surface area contributed by atoms with Crippen LogP contribution in [-0.2, 0) is 16.1 Å². The van der Waals surface area contributed by atoms with E-state index >= 15 is 0 Å². The van der Waals surface area contributed by atoms with Gasteiger partial charge in [-0.15, -0.1) is 0 Å². The number of carbonyl (C=O) groups is 2. The Morgan fingerprint density at radius 1 is 1.05 bits per heavy atom. The summed E-state index contributed by atoms with van der Waals surface area (Å²) in [6, 6.07) is 9.75. The van der Waals surface area contributed by atoms with Crippen molar-refractivity contribution in [2.24, 2.45) is 17.8 Å². The molecule has 100 valence electrons. The van der Waals surface area contributed by atoms with Crippen molar-refractivity contribution in [2.75, 3.05) is 0 Å². The second-order valence-corrected chi connectivity index (χ2v) is 5.88. The third kappa shape index (κ3) is 2.18. The predicted octanol–water partition coefficient (Wildman–Crippen LogP) is 2.61. The van der Waals surface area contributed by atoms with Gasteiger partial charge >= 0.3 is 0 Å². The normalized spacial score (nSPS) is 30.6. The minimum Gasteiger partial charge on any atom is -0.278 e. The number of carbonyl (C=O) groups excluding carboxylic acids is 2. The predicted molar refractivity (Wildman–Crippen MR) is 72.0 cm³/mol. The summed E-state index contributed by atoms with van der Waals surface area (Å²) in [5.74, 6) is 0.554. The number of hydrogen-bond acceptors (Lipinski definition) is 2. The topological polar surface area (TPSA) is 37.4 Å². The zero-order valence-electron chi connectivity index (χ0n) is 11.2. The molecular weight excluding hydrogens is 238 g/mol. The Kier molecular flexibility index (Phi) is 3.13. The van der Waals surface area contributed by atoms with E-state index in [0.717, 1.165) is 24.8 Å². The first-order chi connectivity index (χ1) is 9.16. The molecule has 0 spiro atoms. The Hall–Kier alpha value is -1.64. The second-order valence-electron chi connectivity index (χ2n) is 5.88. The van der Waals surface area contributed by atoms with Gasteiger partial charge in [0.25, 0.3) is 0 Å². The maximum atomic E-state index is 12.4. The molecule has 3 atom stereocenters. The van der Waals surface area contributed by atoms with Crippen LogP contribution in [0.5, 0.6) is 0 Å². The molecule has 0 unspecified atom stereocenters. The van der Waals surface area contributed by atoms with Gasteiger partial charge in [0, 0.05) is 0 Å². The van der Waals surface area contributed by atoms with Crippen LogP contribution in [0.1, 0.15) is 31.7 Å². The summed E-state index contributed by atoms with van der Waals surface area (Å²) in [4.78, 5) is 26.2. The molecule has 3 nitrogen and oxygen atoms in total. The first-order valence-corrected chi connectivity index (χ1v) is 7.06. The first kappa shape index (κ1) is 12.4. The van der Waals surface area contributed by atoms with Gasteiger partial charge in [-0.2, -0.15) is 0 Å². The summed E-state index contributed by atoms with van der Waals surface area (Å²) >= 11 is 0. The van der Waals surface area contributed by atoms with Crippen molar-refractivity contribution >= 4 is 11.8 Å². The summed E-state index contributed by atoms with van der Waals surface area (Å²) in [6.45, 7) is 2.60. The highest BCUT2D eigenvalue weighted by Gasteiger charge is 2.49. The van der Waals surface area contributed by atoms with Crippen LogP contribution < -0.4 is 0 Å². The molecule has 1 aliphatic carbocycles. The molecule has 1 saturated carbocycles. The largest absolute Gasteiger partial charge is 0.278 e. The molecule has 0 bridgehead atoms. The molecule has 0 N–H and O–H groups in total. The van der Waals surface area contributed by atoms with E-state index in [1.54, 1.807) is 0 Å². The Morgan fingerprint density at radius 2 is 1.74 bits per heavy atom. The van der Waals surface area contributed by atoms with Crippen molar-refractivity contribution < 1.29 is 9.59 Å². The fourth-order valence-corrected chi connectivity index (χ4v) is 3.38. The lowest BCUT2D eigenvalue weighted by Gasteiger charge is -2.25. The molecular formula is C16H19NO2. The van der Waals surface area contributed by atoms with Gasteiger partial charge in [-0.1, -0.05) is 37.3 Å². The van der Waals surface area contributed by atoms with E-state index in [4.69, 9.17) is 0 Å². The number of fused-ring (bicyclic) bond motifs is 1. The van der Waals surface area contributed by atoms with Gasteiger partial charge in [0.2, 0.25) is 11.8 Å². The number of nitrogens with zero attached hydrogens (tertiary/aromatic N) is 1. The summed E-state index contributed by atoms with van der Waals surface area (Å²) < 4.78 is 0. The summed E-state index contributed by atoms with van der Waals surface area (Å²) in [7, 11) is 0. The molecule has 19 heavy (non-hydrogen) atoms. The summed E-state index contributed by atoms with van der Waals surface area (Å²) in [5, 5.41) is 0. The van der Waals surface area contributed by atoms with E-state index in [-0.39, 0.29) is 23.7 Å². The van der Waals surface area contributed by atoms with E-state index in [2.05, 4.69) is 6.92 Å². The molecule has 1 aromatic carbocycles. The molecule has 0 radical (unpaired) electrons. The standard InChI is InChI=1S/C16H19NO2/c1-11-7-8-13-14(9-11)16(19)17(15(13)18)10-12-5-3-2-4-6-12/h2-6,11,13-14H,7-10H2,1H3/t11-,13+,14+/m0/s1. The molecule has 2 fully saturated rings. The van der Waals surface area contributed by atoms with Crippen molar-refractivity contribution in [3.8, 4) is 0 Å². The lowest BCUT2D eigenvalue weighted by Crippen LogP contribution is -2.30. The number of imide groups is 1. The highest BCUT2D eigenvalue weighted by molar-refractivity contribution is 6.05. The molecule has 0 aromatic heterocycles. The Labute approximate surface area is 113 Å². The van der Waals surface area contributed by atoms with Crippen molar-refractivity contribution in [3.05, 3.63) is 35.9 Å². The van der Waals surface area contributed by atoms with E-state index < -0.39 is 0 Å². The summed E-state index contributed by atoms with van der Waals surface area (Å²) in [6.07, 6.45) is 2.82. The average Bonchev–Trinajstić information content (AvgIpc) is 2.65. The maximum Gasteiger partial charge on any atom is 0.233 e. The van der Waals surface area contributed by atoms with Crippen LogP contribution in [0.4, 0.5) is 0 Å². The zero-order chi connectivity index (χ0) is 13.4. The summed E-state index contributed by atoms with van der Waals surface area (Å²) in [5.41, 5.74) is 1.02. The second kappa shape index (κ2) is 4.80.